The molecule has 4 nitrogen and oxygen atoms in total. The van der Waals surface area contributed by atoms with Gasteiger partial charge >= 0.3 is 0 Å². The number of rotatable bonds is 4. The van der Waals surface area contributed by atoms with Gasteiger partial charge in [0.15, 0.2) is 0 Å². The molecule has 0 saturated carbocycles. The van der Waals surface area contributed by atoms with Crippen molar-refractivity contribution in [2.24, 2.45) is 0 Å². The summed E-state index contributed by atoms with van der Waals surface area (Å²) in [6.07, 6.45) is 8.07. The smallest absolute Gasteiger partial charge is 0.0946 e. The molecular formula is C11H19N3O. The number of nitrogens with one attached hydrogen (secondary N) is 1. The topological polar surface area (TPSA) is 39.1 Å². The number of hydrogen-bond acceptors (Lipinski definition) is 3. The summed E-state index contributed by atoms with van der Waals surface area (Å²) in [6, 6.07) is 0.989. The van der Waals surface area contributed by atoms with Gasteiger partial charge in [-0.15, -0.1) is 0 Å². The molecule has 15 heavy (non-hydrogen) atoms. The largest absolute Gasteiger partial charge is 0.380 e. The molecule has 0 bridgehead atoms. The van der Waals surface area contributed by atoms with E-state index in [1.165, 1.54) is 12.8 Å². The van der Waals surface area contributed by atoms with Gasteiger partial charge in [-0.2, -0.15) is 0 Å². The van der Waals surface area contributed by atoms with Crippen molar-refractivity contribution in [3.8, 4) is 0 Å². The van der Waals surface area contributed by atoms with Gasteiger partial charge in [0.1, 0.15) is 0 Å². The average molecular weight is 209 g/mol. The highest BCUT2D eigenvalue weighted by Crippen LogP contribution is 2.07. The molecule has 1 aliphatic rings. The van der Waals surface area contributed by atoms with Crippen molar-refractivity contribution >= 4 is 0 Å². The van der Waals surface area contributed by atoms with Crippen LogP contribution >= 0.6 is 0 Å². The number of hydrogen-bond donors (Lipinski definition) is 1. The first-order chi connectivity index (χ1) is 7.34. The molecule has 84 valence electrons. The van der Waals surface area contributed by atoms with Crippen molar-refractivity contribution in [1.82, 2.24) is 14.9 Å². The first-order valence-corrected chi connectivity index (χ1v) is 5.64. The van der Waals surface area contributed by atoms with E-state index in [-0.39, 0.29) is 0 Å². The molecule has 0 amide bonds. The second-order valence-electron chi connectivity index (χ2n) is 4.24. The highest BCUT2D eigenvalue weighted by molar-refractivity contribution is 4.79. The third-order valence-corrected chi connectivity index (χ3v) is 2.72. The summed E-state index contributed by atoms with van der Waals surface area (Å²) in [5, 5.41) is 3.58. The van der Waals surface area contributed by atoms with Crippen LogP contribution in [0.25, 0.3) is 0 Å². The second-order valence-corrected chi connectivity index (χ2v) is 4.24. The van der Waals surface area contributed by atoms with Gasteiger partial charge in [0.25, 0.3) is 0 Å². The lowest BCUT2D eigenvalue weighted by molar-refractivity contribution is 0.0663. The molecule has 1 saturated heterocycles. The lowest BCUT2D eigenvalue weighted by Gasteiger charge is -2.26. The van der Waals surface area contributed by atoms with Gasteiger partial charge in [-0.1, -0.05) is 0 Å². The fourth-order valence-corrected chi connectivity index (χ4v) is 2.04. The third kappa shape index (κ3) is 3.32. The fraction of sp³-hybridized carbons (Fsp3) is 0.727. The van der Waals surface area contributed by atoms with E-state index >= 15 is 0 Å². The molecule has 1 aliphatic heterocycles. The van der Waals surface area contributed by atoms with E-state index in [0.717, 1.165) is 19.8 Å². The van der Waals surface area contributed by atoms with E-state index < -0.39 is 0 Å². The van der Waals surface area contributed by atoms with Gasteiger partial charge in [0.05, 0.1) is 12.9 Å². The zero-order valence-corrected chi connectivity index (χ0v) is 9.22. The van der Waals surface area contributed by atoms with Crippen molar-refractivity contribution in [3.63, 3.8) is 0 Å². The molecule has 4 heteroatoms. The Balaban J connectivity index is 1.74. The van der Waals surface area contributed by atoms with Crippen molar-refractivity contribution in [1.29, 1.82) is 0 Å². The predicted octanol–water partition coefficient (Wildman–Crippen LogP) is 1.04. The van der Waals surface area contributed by atoms with E-state index in [4.69, 9.17) is 4.74 Å². The fourth-order valence-electron chi connectivity index (χ4n) is 2.04. The molecule has 1 aromatic heterocycles. The summed E-state index contributed by atoms with van der Waals surface area (Å²) in [6.45, 7) is 4.95. The van der Waals surface area contributed by atoms with Gasteiger partial charge in [-0.3, -0.25) is 0 Å². The van der Waals surface area contributed by atoms with Crippen molar-refractivity contribution < 1.29 is 4.74 Å². The minimum absolute atomic E-state index is 0.464. The minimum Gasteiger partial charge on any atom is -0.380 e. The lowest BCUT2D eigenvalue weighted by atomic mass is 10.1. The zero-order chi connectivity index (χ0) is 10.5. The van der Waals surface area contributed by atoms with E-state index in [1.54, 1.807) is 0 Å². The van der Waals surface area contributed by atoms with Crippen LogP contribution in [-0.4, -0.2) is 34.8 Å². The summed E-state index contributed by atoms with van der Waals surface area (Å²) >= 11 is 0. The molecule has 1 N–H and O–H groups in total. The Morgan fingerprint density at radius 2 is 2.60 bits per heavy atom. The lowest BCUT2D eigenvalue weighted by Crippen LogP contribution is -2.43. The predicted molar refractivity (Wildman–Crippen MR) is 58.7 cm³/mol. The summed E-state index contributed by atoms with van der Waals surface area (Å²) < 4.78 is 7.54. The van der Waals surface area contributed by atoms with Gasteiger partial charge in [-0.25, -0.2) is 4.98 Å². The summed E-state index contributed by atoms with van der Waals surface area (Å²) in [5.41, 5.74) is 0. The van der Waals surface area contributed by atoms with Crippen LogP contribution in [0.5, 0.6) is 0 Å². The molecule has 2 atom stereocenters. The van der Waals surface area contributed by atoms with E-state index in [1.807, 2.05) is 18.7 Å². The number of ether oxygens (including phenoxy) is 1. The Morgan fingerprint density at radius 3 is 3.27 bits per heavy atom. The van der Waals surface area contributed by atoms with Crippen LogP contribution in [0.1, 0.15) is 19.8 Å². The average Bonchev–Trinajstić information content (AvgIpc) is 2.71. The van der Waals surface area contributed by atoms with E-state index in [9.17, 15) is 0 Å². The van der Waals surface area contributed by atoms with Gasteiger partial charge in [0, 0.05) is 37.6 Å². The minimum atomic E-state index is 0.464. The van der Waals surface area contributed by atoms with E-state index in [2.05, 4.69) is 21.8 Å². The number of imidazole rings is 1. The number of aromatic nitrogens is 2. The molecule has 1 fully saturated rings. The highest BCUT2D eigenvalue weighted by atomic mass is 16.5. The van der Waals surface area contributed by atoms with Gasteiger partial charge in [-0.05, 0) is 19.8 Å². The molecule has 1 aromatic rings. The normalized spacial score (nSPS) is 23.9. The van der Waals surface area contributed by atoms with Crippen LogP contribution in [0.3, 0.4) is 0 Å². The molecule has 0 spiro atoms. The maximum atomic E-state index is 5.44. The molecule has 2 rings (SSSR count). The Morgan fingerprint density at radius 1 is 1.67 bits per heavy atom. The van der Waals surface area contributed by atoms with Crippen molar-refractivity contribution in [2.45, 2.75) is 38.4 Å². The van der Waals surface area contributed by atoms with Crippen LogP contribution in [0.15, 0.2) is 18.7 Å². The first kappa shape index (κ1) is 10.6. The summed E-state index contributed by atoms with van der Waals surface area (Å²) in [5.74, 6) is 0. The van der Waals surface area contributed by atoms with Crippen LogP contribution < -0.4 is 5.32 Å². The third-order valence-electron chi connectivity index (χ3n) is 2.72. The van der Waals surface area contributed by atoms with Crippen LogP contribution in [-0.2, 0) is 11.3 Å². The summed E-state index contributed by atoms with van der Waals surface area (Å²) in [4.78, 5) is 4.03. The second kappa shape index (κ2) is 5.28. The summed E-state index contributed by atoms with van der Waals surface area (Å²) in [7, 11) is 0. The standard InChI is InChI=1S/C11H19N3O/c1-10(7-14-5-4-12-9-14)13-11-3-2-6-15-8-11/h4-5,9-11,13H,2-3,6-8H2,1H3. The van der Waals surface area contributed by atoms with Crippen molar-refractivity contribution in [2.75, 3.05) is 13.2 Å². The first-order valence-electron chi connectivity index (χ1n) is 5.64. The molecule has 2 unspecified atom stereocenters. The molecule has 0 aliphatic carbocycles. The maximum absolute atomic E-state index is 5.44. The number of nitrogens with zero attached hydrogens (tertiary/aromatic N) is 2. The molecule has 0 radical (unpaired) electrons. The Bertz CT molecular complexity index is 267. The van der Waals surface area contributed by atoms with Crippen molar-refractivity contribution in [3.05, 3.63) is 18.7 Å². The molecule has 0 aromatic carbocycles. The van der Waals surface area contributed by atoms with Crippen LogP contribution in [0.2, 0.25) is 0 Å². The van der Waals surface area contributed by atoms with Crippen LogP contribution in [0, 0.1) is 0 Å². The Hall–Kier alpha value is -0.870. The van der Waals surface area contributed by atoms with Gasteiger partial charge in [0.2, 0.25) is 0 Å². The van der Waals surface area contributed by atoms with E-state index in [0.29, 0.717) is 12.1 Å². The monoisotopic (exact) mass is 209 g/mol. The molecular weight excluding hydrogens is 190 g/mol. The van der Waals surface area contributed by atoms with Crippen LogP contribution in [0.4, 0.5) is 0 Å². The molecule has 2 heterocycles. The zero-order valence-electron chi connectivity index (χ0n) is 9.22. The quantitative estimate of drug-likeness (QED) is 0.805. The van der Waals surface area contributed by atoms with Gasteiger partial charge < -0.3 is 14.6 Å². The Kier molecular flexibility index (Phi) is 3.75. The SMILES string of the molecule is CC(Cn1ccnc1)NC1CCCOC1. The maximum Gasteiger partial charge on any atom is 0.0946 e. The Labute approximate surface area is 90.6 Å². The highest BCUT2D eigenvalue weighted by Gasteiger charge is 2.15.